The summed E-state index contributed by atoms with van der Waals surface area (Å²) in [4.78, 5) is 21.7. The molecule has 0 saturated carbocycles. The molecule has 7 nitrogen and oxygen atoms in total. The molecule has 162 valence electrons. The quantitative estimate of drug-likeness (QED) is 0.757. The lowest BCUT2D eigenvalue weighted by molar-refractivity contribution is 0.0585. The van der Waals surface area contributed by atoms with Crippen molar-refractivity contribution < 1.29 is 9.18 Å². The van der Waals surface area contributed by atoms with Gasteiger partial charge in [0, 0.05) is 23.8 Å². The number of halogens is 1. The van der Waals surface area contributed by atoms with Crippen molar-refractivity contribution in [2.24, 2.45) is 11.8 Å². The van der Waals surface area contributed by atoms with Gasteiger partial charge in [-0.05, 0) is 58.1 Å². The maximum atomic E-state index is 14.2. The number of piperidine rings is 1. The number of amides is 2. The molecule has 0 spiro atoms. The Kier molecular flexibility index (Phi) is 4.98. The topological polar surface area (TPSA) is 77.2 Å². The number of fused-ring (bicyclic) bond motifs is 1. The molecule has 0 aliphatic carbocycles. The van der Waals surface area contributed by atoms with Gasteiger partial charge in [0.1, 0.15) is 0 Å². The first-order valence-corrected chi connectivity index (χ1v) is 10.7. The Bertz CT molecular complexity index is 971. The van der Waals surface area contributed by atoms with E-state index in [2.05, 4.69) is 41.3 Å². The molecule has 30 heavy (non-hydrogen) atoms. The van der Waals surface area contributed by atoms with Crippen LogP contribution in [0, 0.1) is 24.6 Å². The first-order chi connectivity index (χ1) is 14.1. The number of nitrogens with one attached hydrogen (secondary N) is 2. The van der Waals surface area contributed by atoms with E-state index in [1.165, 1.54) is 6.07 Å². The largest absolute Gasteiger partial charge is 0.322 e. The molecule has 0 bridgehead atoms. The third kappa shape index (κ3) is 3.32. The van der Waals surface area contributed by atoms with E-state index in [-0.39, 0.29) is 17.9 Å². The Morgan fingerprint density at radius 1 is 1.23 bits per heavy atom. The number of carbonyl (C=O) groups is 1. The normalized spacial score (nSPS) is 25.4. The van der Waals surface area contributed by atoms with Crippen LogP contribution in [-0.2, 0) is 12.1 Å². The van der Waals surface area contributed by atoms with Crippen molar-refractivity contribution in [3.8, 4) is 0 Å². The van der Waals surface area contributed by atoms with Crippen LogP contribution in [0.4, 0.5) is 20.8 Å². The summed E-state index contributed by atoms with van der Waals surface area (Å²) in [7, 11) is 0. The maximum Gasteiger partial charge on any atom is 0.321 e. The van der Waals surface area contributed by atoms with Crippen LogP contribution in [-0.4, -0.2) is 43.6 Å². The van der Waals surface area contributed by atoms with Crippen LogP contribution in [0.5, 0.6) is 0 Å². The molecule has 4 heterocycles. The highest BCUT2D eigenvalue weighted by Gasteiger charge is 2.46. The SMILES string of the molecule is Cc1ccc(F)c(Nc2n[nH]c3c2CN(C(=O)N2C[C@@H](C)C(C)C[C@@H]2C)C3(C)C)n1. The van der Waals surface area contributed by atoms with E-state index in [1.54, 1.807) is 6.07 Å². The summed E-state index contributed by atoms with van der Waals surface area (Å²) in [5.74, 6) is 1.30. The number of hydrogen-bond acceptors (Lipinski definition) is 4. The van der Waals surface area contributed by atoms with Gasteiger partial charge in [0.15, 0.2) is 17.5 Å². The molecule has 0 radical (unpaired) electrons. The fourth-order valence-electron chi connectivity index (χ4n) is 4.65. The number of carbonyl (C=O) groups excluding carboxylic acids is 1. The van der Waals surface area contributed by atoms with Crippen molar-refractivity contribution >= 4 is 17.7 Å². The fourth-order valence-corrected chi connectivity index (χ4v) is 4.65. The van der Waals surface area contributed by atoms with Gasteiger partial charge in [-0.15, -0.1) is 0 Å². The molecule has 2 amide bonds. The summed E-state index contributed by atoms with van der Waals surface area (Å²) in [6.07, 6.45) is 1.01. The minimum absolute atomic E-state index is 0.0432. The van der Waals surface area contributed by atoms with Crippen LogP contribution >= 0.6 is 0 Å². The van der Waals surface area contributed by atoms with Crippen molar-refractivity contribution in [1.82, 2.24) is 25.0 Å². The monoisotopic (exact) mass is 414 g/mol. The number of rotatable bonds is 2. The molecule has 2 aliphatic rings. The lowest BCUT2D eigenvalue weighted by atomic mass is 9.85. The first kappa shape index (κ1) is 20.6. The second-order valence-electron chi connectivity index (χ2n) is 9.45. The van der Waals surface area contributed by atoms with Crippen LogP contribution in [0.1, 0.15) is 58.0 Å². The van der Waals surface area contributed by atoms with Crippen molar-refractivity contribution in [2.75, 3.05) is 11.9 Å². The summed E-state index contributed by atoms with van der Waals surface area (Å²) >= 11 is 0. The summed E-state index contributed by atoms with van der Waals surface area (Å²) in [6, 6.07) is 3.26. The lowest BCUT2D eigenvalue weighted by Gasteiger charge is -2.44. The van der Waals surface area contributed by atoms with E-state index in [0.29, 0.717) is 29.9 Å². The van der Waals surface area contributed by atoms with Gasteiger partial charge in [0.25, 0.3) is 0 Å². The van der Waals surface area contributed by atoms with Gasteiger partial charge < -0.3 is 15.1 Å². The number of anilines is 2. The Morgan fingerprint density at radius 2 is 1.97 bits per heavy atom. The molecule has 2 aromatic rings. The van der Waals surface area contributed by atoms with E-state index < -0.39 is 11.4 Å². The Balaban J connectivity index is 1.59. The van der Waals surface area contributed by atoms with Crippen molar-refractivity contribution in [3.63, 3.8) is 0 Å². The smallest absolute Gasteiger partial charge is 0.321 e. The molecule has 1 saturated heterocycles. The van der Waals surface area contributed by atoms with Gasteiger partial charge in [-0.3, -0.25) is 5.10 Å². The van der Waals surface area contributed by atoms with Crippen LogP contribution < -0.4 is 5.32 Å². The zero-order valence-electron chi connectivity index (χ0n) is 18.6. The predicted molar refractivity (Wildman–Crippen MR) is 114 cm³/mol. The van der Waals surface area contributed by atoms with E-state index >= 15 is 0 Å². The second kappa shape index (κ2) is 7.25. The number of likely N-dealkylation sites (tertiary alicyclic amines) is 1. The third-order valence-electron chi connectivity index (χ3n) is 6.87. The standard InChI is InChI=1S/C22H31FN6O/c1-12-9-15(4)28(10-13(12)2)21(30)29-11-16-18(22(29,5)6)26-27-19(16)25-20-17(23)8-7-14(3)24-20/h7-8,12-13,15H,9-11H2,1-6H3,(H2,24,25,26,27)/t12?,13-,15+/m1/s1. The minimum atomic E-state index is -0.538. The fraction of sp³-hybridized carbons (Fsp3) is 0.591. The number of aryl methyl sites for hydroxylation is 1. The molecule has 2 aromatic heterocycles. The van der Waals surface area contributed by atoms with Crippen LogP contribution in [0.3, 0.4) is 0 Å². The van der Waals surface area contributed by atoms with Crippen LogP contribution in [0.15, 0.2) is 12.1 Å². The van der Waals surface area contributed by atoms with Crippen LogP contribution in [0.2, 0.25) is 0 Å². The highest BCUT2D eigenvalue weighted by molar-refractivity contribution is 5.78. The zero-order valence-corrected chi connectivity index (χ0v) is 18.6. The number of hydrogen-bond donors (Lipinski definition) is 2. The molecule has 3 atom stereocenters. The highest BCUT2D eigenvalue weighted by Crippen LogP contribution is 2.42. The number of pyridine rings is 1. The molecule has 2 aliphatic heterocycles. The summed E-state index contributed by atoms with van der Waals surface area (Å²) < 4.78 is 14.2. The van der Waals surface area contributed by atoms with E-state index in [0.717, 1.165) is 24.2 Å². The van der Waals surface area contributed by atoms with E-state index in [1.807, 2.05) is 30.6 Å². The second-order valence-corrected chi connectivity index (χ2v) is 9.45. The third-order valence-corrected chi connectivity index (χ3v) is 6.87. The molecule has 8 heteroatoms. The highest BCUT2D eigenvalue weighted by atomic mass is 19.1. The number of aromatic nitrogens is 3. The van der Waals surface area contributed by atoms with Gasteiger partial charge >= 0.3 is 6.03 Å². The summed E-state index contributed by atoms with van der Waals surface area (Å²) in [6.45, 7) is 13.6. The molecule has 4 rings (SSSR count). The van der Waals surface area contributed by atoms with Gasteiger partial charge in [0.2, 0.25) is 0 Å². The Morgan fingerprint density at radius 3 is 2.70 bits per heavy atom. The molecule has 0 aromatic carbocycles. The van der Waals surface area contributed by atoms with Crippen molar-refractivity contribution in [3.05, 3.63) is 34.9 Å². The Labute approximate surface area is 177 Å². The predicted octanol–water partition coefficient (Wildman–Crippen LogP) is 4.53. The number of aromatic amines is 1. The van der Waals surface area contributed by atoms with Crippen molar-refractivity contribution in [2.45, 2.75) is 66.1 Å². The molecular formula is C22H31FN6O. The first-order valence-electron chi connectivity index (χ1n) is 10.7. The minimum Gasteiger partial charge on any atom is -0.322 e. The maximum absolute atomic E-state index is 14.2. The van der Waals surface area contributed by atoms with Gasteiger partial charge in [-0.2, -0.15) is 5.10 Å². The summed E-state index contributed by atoms with van der Waals surface area (Å²) in [5.41, 5.74) is 1.93. The molecular weight excluding hydrogens is 383 g/mol. The van der Waals surface area contributed by atoms with E-state index in [4.69, 9.17) is 0 Å². The van der Waals surface area contributed by atoms with Gasteiger partial charge in [0.05, 0.1) is 17.8 Å². The Hall–Kier alpha value is -2.64. The number of urea groups is 1. The number of H-pyrrole nitrogens is 1. The summed E-state index contributed by atoms with van der Waals surface area (Å²) in [5, 5.41) is 10.4. The van der Waals surface area contributed by atoms with E-state index in [9.17, 15) is 9.18 Å². The van der Waals surface area contributed by atoms with Crippen molar-refractivity contribution in [1.29, 1.82) is 0 Å². The van der Waals surface area contributed by atoms with Gasteiger partial charge in [-0.1, -0.05) is 13.8 Å². The molecule has 2 N–H and O–H groups in total. The lowest BCUT2D eigenvalue weighted by Crippen LogP contribution is -2.55. The molecule has 1 fully saturated rings. The molecule has 1 unspecified atom stereocenters. The zero-order chi connectivity index (χ0) is 21.8. The van der Waals surface area contributed by atoms with Gasteiger partial charge in [-0.25, -0.2) is 14.2 Å². The van der Waals surface area contributed by atoms with Crippen LogP contribution in [0.25, 0.3) is 0 Å². The average molecular weight is 415 g/mol. The number of nitrogens with zero attached hydrogens (tertiary/aromatic N) is 4. The average Bonchev–Trinajstić information content (AvgIpc) is 3.19.